The maximum atomic E-state index is 14.5. The third kappa shape index (κ3) is 7.11. The van der Waals surface area contributed by atoms with Gasteiger partial charge in [-0.15, -0.1) is 0 Å². The van der Waals surface area contributed by atoms with E-state index in [1.165, 1.54) is 69.9 Å². The first-order chi connectivity index (χ1) is 15.5. The predicted octanol–water partition coefficient (Wildman–Crippen LogP) is 8.03. The normalized spacial score (nSPS) is 18.5. The number of rotatable bonds is 10. The highest BCUT2D eigenvalue weighted by atomic mass is 19.2. The Bertz CT molecular complexity index is 888. The molecule has 0 bridgehead atoms. The molecule has 0 aliphatic heterocycles. The van der Waals surface area contributed by atoms with Gasteiger partial charge in [0.25, 0.3) is 0 Å². The Morgan fingerprint density at radius 2 is 1.56 bits per heavy atom. The van der Waals surface area contributed by atoms with Gasteiger partial charge in [0.1, 0.15) is 11.6 Å². The fourth-order valence-corrected chi connectivity index (χ4v) is 4.62. The van der Waals surface area contributed by atoms with Crippen LogP contribution in [0.25, 0.3) is 0 Å². The molecule has 0 spiro atoms. The van der Waals surface area contributed by atoms with Crippen molar-refractivity contribution in [2.24, 2.45) is 11.8 Å². The number of hydrogen-bond acceptors (Lipinski definition) is 2. The van der Waals surface area contributed by atoms with Crippen LogP contribution in [0.1, 0.15) is 87.1 Å². The molecule has 0 N–H and O–H groups in total. The molecule has 0 heterocycles. The number of benzene rings is 2. The SMILES string of the molecule is CCCCCCC1CCC(CCc2ccc(C(=O)Oc3ccc(F)c(F)c3)c(F)c2)CC1. The summed E-state index contributed by atoms with van der Waals surface area (Å²) in [5.74, 6) is -2.37. The second-order valence-electron chi connectivity index (χ2n) is 9.05. The number of esters is 1. The minimum Gasteiger partial charge on any atom is -0.423 e. The topological polar surface area (TPSA) is 26.3 Å². The molecule has 5 heteroatoms. The third-order valence-electron chi connectivity index (χ3n) is 6.63. The summed E-state index contributed by atoms with van der Waals surface area (Å²) in [7, 11) is 0. The van der Waals surface area contributed by atoms with E-state index in [9.17, 15) is 18.0 Å². The Morgan fingerprint density at radius 1 is 0.844 bits per heavy atom. The van der Waals surface area contributed by atoms with Gasteiger partial charge in [-0.3, -0.25) is 0 Å². The lowest BCUT2D eigenvalue weighted by Crippen LogP contribution is -2.15. The van der Waals surface area contributed by atoms with Crippen molar-refractivity contribution in [1.82, 2.24) is 0 Å². The van der Waals surface area contributed by atoms with E-state index in [1.807, 2.05) is 0 Å². The summed E-state index contributed by atoms with van der Waals surface area (Å²) in [5.41, 5.74) is 0.635. The average molecular weight is 447 g/mol. The zero-order valence-corrected chi connectivity index (χ0v) is 18.8. The van der Waals surface area contributed by atoms with Gasteiger partial charge in [-0.25, -0.2) is 18.0 Å². The molecule has 174 valence electrons. The van der Waals surface area contributed by atoms with Crippen molar-refractivity contribution in [1.29, 1.82) is 0 Å². The predicted molar refractivity (Wildman–Crippen MR) is 120 cm³/mol. The van der Waals surface area contributed by atoms with Gasteiger partial charge in [-0.1, -0.05) is 70.8 Å². The molecule has 1 aliphatic rings. The van der Waals surface area contributed by atoms with Crippen LogP contribution >= 0.6 is 0 Å². The molecule has 32 heavy (non-hydrogen) atoms. The van der Waals surface area contributed by atoms with E-state index < -0.39 is 23.4 Å². The van der Waals surface area contributed by atoms with Crippen LogP contribution in [0.2, 0.25) is 0 Å². The molecule has 2 aromatic carbocycles. The Labute approximate surface area is 189 Å². The lowest BCUT2D eigenvalue weighted by atomic mass is 9.77. The molecule has 0 saturated heterocycles. The number of carbonyl (C=O) groups excluding carboxylic acids is 1. The minimum absolute atomic E-state index is 0.168. The van der Waals surface area contributed by atoms with E-state index in [-0.39, 0.29) is 11.3 Å². The van der Waals surface area contributed by atoms with Crippen LogP contribution in [0, 0.1) is 29.3 Å². The van der Waals surface area contributed by atoms with Crippen molar-refractivity contribution in [3.05, 3.63) is 65.0 Å². The molecule has 0 amide bonds. The van der Waals surface area contributed by atoms with Crippen LogP contribution in [0.15, 0.2) is 36.4 Å². The lowest BCUT2D eigenvalue weighted by Gasteiger charge is -2.28. The number of aryl methyl sites for hydroxylation is 1. The first-order valence-electron chi connectivity index (χ1n) is 11.9. The smallest absolute Gasteiger partial charge is 0.346 e. The number of ether oxygens (including phenoxy) is 1. The van der Waals surface area contributed by atoms with Gasteiger partial charge in [0, 0.05) is 6.07 Å². The van der Waals surface area contributed by atoms with E-state index in [2.05, 4.69) is 6.92 Å². The Morgan fingerprint density at radius 3 is 2.22 bits per heavy atom. The van der Waals surface area contributed by atoms with Gasteiger partial charge in [-0.05, 0) is 54.5 Å². The largest absolute Gasteiger partial charge is 0.423 e. The molecule has 0 aromatic heterocycles. The van der Waals surface area contributed by atoms with Crippen LogP contribution in [0.5, 0.6) is 5.75 Å². The zero-order valence-electron chi connectivity index (χ0n) is 18.8. The van der Waals surface area contributed by atoms with Crippen molar-refractivity contribution in [2.75, 3.05) is 0 Å². The van der Waals surface area contributed by atoms with E-state index in [1.54, 1.807) is 6.07 Å². The van der Waals surface area contributed by atoms with Crippen molar-refractivity contribution < 1.29 is 22.7 Å². The maximum Gasteiger partial charge on any atom is 0.346 e. The highest BCUT2D eigenvalue weighted by Gasteiger charge is 2.21. The van der Waals surface area contributed by atoms with Gasteiger partial charge >= 0.3 is 5.97 Å². The summed E-state index contributed by atoms with van der Waals surface area (Å²) in [6.07, 6.45) is 13.6. The van der Waals surface area contributed by atoms with Crippen LogP contribution in [-0.4, -0.2) is 5.97 Å². The van der Waals surface area contributed by atoms with Crippen LogP contribution < -0.4 is 4.74 Å². The summed E-state index contributed by atoms with van der Waals surface area (Å²) in [6.45, 7) is 2.24. The quantitative estimate of drug-likeness (QED) is 0.210. The van der Waals surface area contributed by atoms with Crippen molar-refractivity contribution in [3.63, 3.8) is 0 Å². The van der Waals surface area contributed by atoms with Gasteiger partial charge in [-0.2, -0.15) is 0 Å². The highest BCUT2D eigenvalue weighted by Crippen LogP contribution is 2.34. The maximum absolute atomic E-state index is 14.5. The lowest BCUT2D eigenvalue weighted by molar-refractivity contribution is 0.0729. The minimum atomic E-state index is -1.13. The number of unbranched alkanes of at least 4 members (excludes halogenated alkanes) is 3. The van der Waals surface area contributed by atoms with Crippen LogP contribution in [0.4, 0.5) is 13.2 Å². The molecule has 1 saturated carbocycles. The standard InChI is InChI=1S/C27H33F3O2/c1-2-3-4-5-6-19-7-9-20(10-8-19)11-12-21-13-15-23(25(29)17-21)27(31)32-22-14-16-24(28)26(30)18-22/h13-20H,2-12H2,1H3. The monoisotopic (exact) mass is 446 g/mol. The Hall–Kier alpha value is -2.30. The second-order valence-corrected chi connectivity index (χ2v) is 9.05. The molecule has 3 rings (SSSR count). The molecular weight excluding hydrogens is 413 g/mol. The molecule has 0 radical (unpaired) electrons. The molecular formula is C27H33F3O2. The second kappa shape index (κ2) is 12.1. The van der Waals surface area contributed by atoms with E-state index >= 15 is 0 Å². The van der Waals surface area contributed by atoms with Gasteiger partial charge < -0.3 is 4.74 Å². The molecule has 2 aromatic rings. The average Bonchev–Trinajstić information content (AvgIpc) is 2.78. The van der Waals surface area contributed by atoms with Crippen molar-refractivity contribution in [3.8, 4) is 5.75 Å². The number of hydrogen-bond donors (Lipinski definition) is 0. The summed E-state index contributed by atoms with van der Waals surface area (Å²) in [6, 6.07) is 7.27. The first kappa shape index (κ1) is 24.3. The van der Waals surface area contributed by atoms with E-state index in [0.717, 1.165) is 42.5 Å². The molecule has 1 fully saturated rings. The molecule has 0 unspecified atom stereocenters. The van der Waals surface area contributed by atoms with Gasteiger partial charge in [0.2, 0.25) is 0 Å². The zero-order chi connectivity index (χ0) is 22.9. The van der Waals surface area contributed by atoms with Gasteiger partial charge in [0.05, 0.1) is 5.56 Å². The summed E-state index contributed by atoms with van der Waals surface area (Å²) < 4.78 is 45.7. The Balaban J connectivity index is 1.45. The Kier molecular flexibility index (Phi) is 9.19. The van der Waals surface area contributed by atoms with Crippen LogP contribution in [-0.2, 0) is 6.42 Å². The molecule has 2 nitrogen and oxygen atoms in total. The number of carbonyl (C=O) groups is 1. The first-order valence-corrected chi connectivity index (χ1v) is 11.9. The highest BCUT2D eigenvalue weighted by molar-refractivity contribution is 5.91. The van der Waals surface area contributed by atoms with Crippen molar-refractivity contribution in [2.45, 2.75) is 77.6 Å². The van der Waals surface area contributed by atoms with Crippen LogP contribution in [0.3, 0.4) is 0 Å². The number of halogens is 3. The summed E-state index contributed by atoms with van der Waals surface area (Å²) in [5, 5.41) is 0. The molecule has 1 aliphatic carbocycles. The van der Waals surface area contributed by atoms with E-state index in [4.69, 9.17) is 4.74 Å². The third-order valence-corrected chi connectivity index (χ3v) is 6.63. The van der Waals surface area contributed by atoms with Gasteiger partial charge in [0.15, 0.2) is 11.6 Å². The van der Waals surface area contributed by atoms with Crippen molar-refractivity contribution >= 4 is 5.97 Å². The molecule has 0 atom stereocenters. The fourth-order valence-electron chi connectivity index (χ4n) is 4.62. The van der Waals surface area contributed by atoms with E-state index in [0.29, 0.717) is 5.92 Å². The summed E-state index contributed by atoms with van der Waals surface area (Å²) >= 11 is 0. The summed E-state index contributed by atoms with van der Waals surface area (Å²) in [4.78, 5) is 12.2. The fraction of sp³-hybridized carbons (Fsp3) is 0.519.